The molecular formula is C16H21N3O2. The van der Waals surface area contributed by atoms with Crippen LogP contribution in [0.2, 0.25) is 0 Å². The van der Waals surface area contributed by atoms with Crippen LogP contribution in [0, 0.1) is 5.92 Å². The Balaban J connectivity index is 1.83. The molecule has 0 spiro atoms. The number of rotatable bonds is 4. The van der Waals surface area contributed by atoms with Gasteiger partial charge in [0.2, 0.25) is 11.7 Å². The maximum absolute atomic E-state index is 5.54. The largest absolute Gasteiger partial charge is 0.369 e. The Morgan fingerprint density at radius 3 is 2.86 bits per heavy atom. The summed E-state index contributed by atoms with van der Waals surface area (Å²) in [5.41, 5.74) is 1.03. The summed E-state index contributed by atoms with van der Waals surface area (Å²) in [6.45, 7) is 3.21. The second-order valence-corrected chi connectivity index (χ2v) is 5.57. The van der Waals surface area contributed by atoms with Crippen molar-refractivity contribution in [3.63, 3.8) is 0 Å². The van der Waals surface area contributed by atoms with E-state index in [1.54, 1.807) is 7.11 Å². The van der Waals surface area contributed by atoms with E-state index >= 15 is 0 Å². The lowest BCUT2D eigenvalue weighted by Crippen LogP contribution is -2.33. The Kier molecular flexibility index (Phi) is 4.31. The van der Waals surface area contributed by atoms with Crippen LogP contribution >= 0.6 is 0 Å². The molecule has 5 heteroatoms. The van der Waals surface area contributed by atoms with Gasteiger partial charge < -0.3 is 14.6 Å². The molecule has 1 N–H and O–H groups in total. The zero-order valence-electron chi connectivity index (χ0n) is 12.5. The summed E-state index contributed by atoms with van der Waals surface area (Å²) < 4.78 is 11.0. The van der Waals surface area contributed by atoms with Crippen molar-refractivity contribution in [1.29, 1.82) is 0 Å². The van der Waals surface area contributed by atoms with Crippen LogP contribution in [0.25, 0.3) is 0 Å². The number of hydrogen-bond donors (Lipinski definition) is 1. The van der Waals surface area contributed by atoms with Gasteiger partial charge in [-0.05, 0) is 30.9 Å². The molecule has 1 aromatic heterocycles. The normalized spacial score (nSPS) is 23.9. The molecule has 1 aliphatic heterocycles. The van der Waals surface area contributed by atoms with Crippen molar-refractivity contribution in [3.8, 4) is 0 Å². The number of piperidine rings is 1. The van der Waals surface area contributed by atoms with E-state index in [9.17, 15) is 0 Å². The molecule has 2 aromatic rings. The molecule has 0 aliphatic carbocycles. The average Bonchev–Trinajstić information content (AvgIpc) is 2.99. The average molecular weight is 287 g/mol. The van der Waals surface area contributed by atoms with Crippen LogP contribution in [0.15, 0.2) is 34.9 Å². The molecule has 1 aromatic carbocycles. The standard InChI is InChI=1S/C16H21N3O2/c1-11-7-6-10-17-13(11)16-18-15(19-21-16)14(20-2)12-8-4-3-5-9-12/h3-5,8-9,11,13-14,17H,6-7,10H2,1-2H3. The van der Waals surface area contributed by atoms with Crippen molar-refractivity contribution in [2.75, 3.05) is 13.7 Å². The first-order valence-corrected chi connectivity index (χ1v) is 7.44. The van der Waals surface area contributed by atoms with Gasteiger partial charge in [-0.3, -0.25) is 0 Å². The van der Waals surface area contributed by atoms with Crippen molar-refractivity contribution in [1.82, 2.24) is 15.5 Å². The molecule has 1 aliphatic rings. The minimum absolute atomic E-state index is 0.147. The van der Waals surface area contributed by atoms with Gasteiger partial charge in [-0.15, -0.1) is 0 Å². The maximum Gasteiger partial charge on any atom is 0.244 e. The van der Waals surface area contributed by atoms with Crippen LogP contribution in [-0.2, 0) is 4.74 Å². The first kappa shape index (κ1) is 14.2. The van der Waals surface area contributed by atoms with E-state index in [0.717, 1.165) is 12.1 Å². The van der Waals surface area contributed by atoms with Crippen LogP contribution in [0.5, 0.6) is 0 Å². The summed E-state index contributed by atoms with van der Waals surface area (Å²) in [5.74, 6) is 1.75. The van der Waals surface area contributed by atoms with E-state index in [-0.39, 0.29) is 12.1 Å². The van der Waals surface area contributed by atoms with Crippen molar-refractivity contribution in [3.05, 3.63) is 47.6 Å². The number of aromatic nitrogens is 2. The van der Waals surface area contributed by atoms with E-state index < -0.39 is 0 Å². The quantitative estimate of drug-likeness (QED) is 0.937. The van der Waals surface area contributed by atoms with Crippen molar-refractivity contribution in [2.24, 2.45) is 5.92 Å². The molecule has 21 heavy (non-hydrogen) atoms. The summed E-state index contributed by atoms with van der Waals surface area (Å²) >= 11 is 0. The lowest BCUT2D eigenvalue weighted by Gasteiger charge is -2.26. The van der Waals surface area contributed by atoms with Gasteiger partial charge in [0.25, 0.3) is 0 Å². The summed E-state index contributed by atoms with van der Waals surface area (Å²) in [4.78, 5) is 4.57. The van der Waals surface area contributed by atoms with Gasteiger partial charge in [0.15, 0.2) is 0 Å². The van der Waals surface area contributed by atoms with Crippen LogP contribution in [-0.4, -0.2) is 23.8 Å². The van der Waals surface area contributed by atoms with Gasteiger partial charge in [-0.25, -0.2) is 0 Å². The fraction of sp³-hybridized carbons (Fsp3) is 0.500. The molecule has 112 valence electrons. The predicted octanol–water partition coefficient (Wildman–Crippen LogP) is 2.87. The minimum atomic E-state index is -0.289. The van der Waals surface area contributed by atoms with Crippen LogP contribution in [0.1, 0.15) is 49.2 Å². The van der Waals surface area contributed by atoms with E-state index in [0.29, 0.717) is 17.6 Å². The predicted molar refractivity (Wildman–Crippen MR) is 78.7 cm³/mol. The number of nitrogens with zero attached hydrogens (tertiary/aromatic N) is 2. The number of ether oxygens (including phenoxy) is 1. The van der Waals surface area contributed by atoms with Gasteiger partial charge in [0.1, 0.15) is 6.10 Å². The summed E-state index contributed by atoms with van der Waals surface area (Å²) in [6, 6.07) is 10.1. The molecule has 0 bridgehead atoms. The zero-order valence-corrected chi connectivity index (χ0v) is 12.5. The first-order valence-electron chi connectivity index (χ1n) is 7.44. The van der Waals surface area contributed by atoms with Crippen LogP contribution in [0.3, 0.4) is 0 Å². The highest BCUT2D eigenvalue weighted by Gasteiger charge is 2.29. The second-order valence-electron chi connectivity index (χ2n) is 5.57. The Morgan fingerprint density at radius 1 is 1.33 bits per heavy atom. The smallest absolute Gasteiger partial charge is 0.244 e. The van der Waals surface area contributed by atoms with Gasteiger partial charge in [-0.2, -0.15) is 4.98 Å². The van der Waals surface area contributed by atoms with Crippen LogP contribution < -0.4 is 5.32 Å². The van der Waals surface area contributed by atoms with Crippen molar-refractivity contribution >= 4 is 0 Å². The number of hydrogen-bond acceptors (Lipinski definition) is 5. The third-order valence-corrected chi connectivity index (χ3v) is 4.07. The highest BCUT2D eigenvalue weighted by atomic mass is 16.5. The number of methoxy groups -OCH3 is 1. The molecule has 1 saturated heterocycles. The second kappa shape index (κ2) is 6.37. The Hall–Kier alpha value is -1.72. The van der Waals surface area contributed by atoms with E-state index in [1.165, 1.54) is 12.8 Å². The Labute approximate surface area is 124 Å². The molecule has 3 unspecified atom stereocenters. The molecule has 1 fully saturated rings. The van der Waals surface area contributed by atoms with Crippen molar-refractivity contribution in [2.45, 2.75) is 31.9 Å². The SMILES string of the molecule is COC(c1ccccc1)c1noc(C2NCCCC2C)n1. The maximum atomic E-state index is 5.54. The fourth-order valence-electron chi connectivity index (χ4n) is 2.88. The Morgan fingerprint density at radius 2 is 2.14 bits per heavy atom. The Bertz CT molecular complexity index is 570. The monoisotopic (exact) mass is 287 g/mol. The van der Waals surface area contributed by atoms with E-state index in [4.69, 9.17) is 9.26 Å². The minimum Gasteiger partial charge on any atom is -0.369 e. The molecule has 3 rings (SSSR count). The van der Waals surface area contributed by atoms with Gasteiger partial charge in [0.05, 0.1) is 6.04 Å². The number of benzene rings is 1. The highest BCUT2D eigenvalue weighted by molar-refractivity contribution is 5.22. The summed E-state index contributed by atoms with van der Waals surface area (Å²) in [5, 5.41) is 7.58. The molecule has 3 atom stereocenters. The van der Waals surface area contributed by atoms with E-state index in [2.05, 4.69) is 22.4 Å². The summed E-state index contributed by atoms with van der Waals surface area (Å²) in [6.07, 6.45) is 2.09. The lowest BCUT2D eigenvalue weighted by molar-refractivity contribution is 0.126. The molecular weight excluding hydrogens is 266 g/mol. The van der Waals surface area contributed by atoms with Gasteiger partial charge in [0, 0.05) is 7.11 Å². The highest BCUT2D eigenvalue weighted by Crippen LogP contribution is 2.29. The first-order chi connectivity index (χ1) is 10.3. The lowest BCUT2D eigenvalue weighted by atomic mass is 9.93. The van der Waals surface area contributed by atoms with Crippen LogP contribution in [0.4, 0.5) is 0 Å². The van der Waals surface area contributed by atoms with Crippen molar-refractivity contribution < 1.29 is 9.26 Å². The van der Waals surface area contributed by atoms with E-state index in [1.807, 2.05) is 30.3 Å². The van der Waals surface area contributed by atoms with Gasteiger partial charge >= 0.3 is 0 Å². The third-order valence-electron chi connectivity index (χ3n) is 4.07. The van der Waals surface area contributed by atoms with Gasteiger partial charge in [-0.1, -0.05) is 42.4 Å². The molecule has 0 radical (unpaired) electrons. The molecule has 5 nitrogen and oxygen atoms in total. The third kappa shape index (κ3) is 2.99. The number of nitrogens with one attached hydrogen (secondary N) is 1. The molecule has 0 saturated carbocycles. The molecule has 2 heterocycles. The molecule has 0 amide bonds. The topological polar surface area (TPSA) is 60.2 Å². The zero-order chi connectivity index (χ0) is 14.7. The summed E-state index contributed by atoms with van der Waals surface area (Å²) in [7, 11) is 1.66. The fourth-order valence-corrected chi connectivity index (χ4v) is 2.88.